The number of hydrogen-bond acceptors (Lipinski definition) is 9. The summed E-state index contributed by atoms with van der Waals surface area (Å²) in [6.07, 6.45) is 0.835. The molecule has 1 unspecified atom stereocenters. The van der Waals surface area contributed by atoms with Crippen LogP contribution in [0.25, 0.3) is 5.76 Å². The molecule has 12 heteroatoms. The molecule has 1 fully saturated rings. The summed E-state index contributed by atoms with van der Waals surface area (Å²) in [6, 6.07) is 15.0. The van der Waals surface area contributed by atoms with Crippen molar-refractivity contribution < 1.29 is 33.0 Å². The number of aromatic nitrogens is 2. The Morgan fingerprint density at radius 2 is 1.68 bits per heavy atom. The van der Waals surface area contributed by atoms with Gasteiger partial charge < -0.3 is 14.6 Å². The normalized spacial score (nSPS) is 16.1. The molecular formula is C32H29F2N3O5S2. The van der Waals surface area contributed by atoms with Gasteiger partial charge in [0.15, 0.2) is 15.8 Å². The van der Waals surface area contributed by atoms with E-state index in [0.717, 1.165) is 35.5 Å². The molecule has 0 aliphatic carbocycles. The molecule has 1 atom stereocenters. The Kier molecular flexibility index (Phi) is 9.60. The number of benzene rings is 3. The van der Waals surface area contributed by atoms with Gasteiger partial charge in [-0.25, -0.2) is 8.78 Å². The molecule has 1 amide bonds. The standard InChI is InChI=1S/C32H29F2N3O5S2/c1-18(2)14-15-42-24-13-8-21(16-25(24)41-3)27-26(28(38)20-6-11-23(34)12-7-20)29(39)30(40)37(27)31-35-36-32(44-31)43-17-19-4-9-22(33)10-5-19/h4-13,16,18,27,38H,14-15,17H2,1-3H3/b28-26-. The van der Waals surface area contributed by atoms with E-state index >= 15 is 0 Å². The Morgan fingerprint density at radius 3 is 2.34 bits per heavy atom. The van der Waals surface area contributed by atoms with Crippen molar-refractivity contribution in [1.29, 1.82) is 0 Å². The first-order valence-electron chi connectivity index (χ1n) is 13.7. The van der Waals surface area contributed by atoms with E-state index in [4.69, 9.17) is 9.47 Å². The quantitative estimate of drug-likeness (QED) is 0.0608. The number of carbonyl (C=O) groups excluding carboxylic acids is 2. The summed E-state index contributed by atoms with van der Waals surface area (Å²) in [7, 11) is 1.49. The van der Waals surface area contributed by atoms with Gasteiger partial charge in [0.1, 0.15) is 17.4 Å². The molecule has 1 aromatic heterocycles. The Hall–Kier alpha value is -4.29. The second kappa shape index (κ2) is 13.6. The van der Waals surface area contributed by atoms with E-state index in [1.165, 1.54) is 48.0 Å². The van der Waals surface area contributed by atoms with Crippen molar-refractivity contribution in [2.24, 2.45) is 5.92 Å². The van der Waals surface area contributed by atoms with Gasteiger partial charge in [-0.05, 0) is 72.0 Å². The fourth-order valence-corrected chi connectivity index (χ4v) is 6.39. The van der Waals surface area contributed by atoms with Gasteiger partial charge in [0, 0.05) is 11.3 Å². The van der Waals surface area contributed by atoms with Crippen molar-refractivity contribution >= 4 is 45.7 Å². The number of aliphatic hydroxyl groups is 1. The number of ether oxygens (including phenoxy) is 2. The van der Waals surface area contributed by atoms with E-state index in [-0.39, 0.29) is 22.1 Å². The van der Waals surface area contributed by atoms with Gasteiger partial charge in [0.05, 0.1) is 25.3 Å². The topological polar surface area (TPSA) is 102 Å². The lowest BCUT2D eigenvalue weighted by Gasteiger charge is -2.23. The lowest BCUT2D eigenvalue weighted by atomic mass is 9.95. The maximum absolute atomic E-state index is 13.7. The van der Waals surface area contributed by atoms with E-state index < -0.39 is 29.3 Å². The minimum Gasteiger partial charge on any atom is -0.507 e. The third kappa shape index (κ3) is 6.76. The minimum atomic E-state index is -1.10. The monoisotopic (exact) mass is 637 g/mol. The van der Waals surface area contributed by atoms with Crippen LogP contribution >= 0.6 is 23.1 Å². The maximum Gasteiger partial charge on any atom is 0.301 e. The summed E-state index contributed by atoms with van der Waals surface area (Å²) in [5.74, 6) is -1.34. The number of halogens is 2. The SMILES string of the molecule is COc1cc(C2/C(=C(/O)c3ccc(F)cc3)C(=O)C(=O)N2c2nnc(SCc3ccc(F)cc3)s2)ccc1OCCC(C)C. The fourth-order valence-electron chi connectivity index (χ4n) is 4.57. The zero-order chi connectivity index (χ0) is 31.4. The van der Waals surface area contributed by atoms with Crippen LogP contribution in [0.1, 0.15) is 43.0 Å². The Morgan fingerprint density at radius 1 is 1.00 bits per heavy atom. The fraction of sp³-hybridized carbons (Fsp3) is 0.250. The highest BCUT2D eigenvalue weighted by Gasteiger charge is 2.48. The Bertz CT molecular complexity index is 1690. The molecule has 1 aliphatic rings. The van der Waals surface area contributed by atoms with E-state index in [0.29, 0.717) is 39.7 Å². The average molecular weight is 638 g/mol. The van der Waals surface area contributed by atoms with Crippen LogP contribution < -0.4 is 14.4 Å². The van der Waals surface area contributed by atoms with Crippen LogP contribution in [0, 0.1) is 17.6 Å². The molecule has 0 spiro atoms. The van der Waals surface area contributed by atoms with E-state index in [1.54, 1.807) is 30.3 Å². The van der Waals surface area contributed by atoms with Gasteiger partial charge in [-0.1, -0.05) is 55.1 Å². The second-order valence-corrected chi connectivity index (χ2v) is 12.6. The van der Waals surface area contributed by atoms with Crippen LogP contribution in [-0.4, -0.2) is 40.7 Å². The van der Waals surface area contributed by atoms with Crippen molar-refractivity contribution in [3.8, 4) is 11.5 Å². The summed E-state index contributed by atoms with van der Waals surface area (Å²) >= 11 is 2.45. The molecule has 4 aromatic rings. The third-order valence-electron chi connectivity index (χ3n) is 6.90. The molecule has 1 saturated heterocycles. The molecule has 1 N–H and O–H groups in total. The largest absolute Gasteiger partial charge is 0.507 e. The molecule has 3 aromatic carbocycles. The lowest BCUT2D eigenvalue weighted by Crippen LogP contribution is -2.29. The van der Waals surface area contributed by atoms with Gasteiger partial charge in [0.2, 0.25) is 5.13 Å². The van der Waals surface area contributed by atoms with Crippen LogP contribution in [0.2, 0.25) is 0 Å². The highest BCUT2D eigenvalue weighted by atomic mass is 32.2. The number of thioether (sulfide) groups is 1. The highest BCUT2D eigenvalue weighted by Crippen LogP contribution is 2.45. The van der Waals surface area contributed by atoms with Gasteiger partial charge in [-0.2, -0.15) is 0 Å². The summed E-state index contributed by atoms with van der Waals surface area (Å²) < 4.78 is 39.0. The summed E-state index contributed by atoms with van der Waals surface area (Å²) in [4.78, 5) is 28.3. The highest BCUT2D eigenvalue weighted by molar-refractivity contribution is 8.00. The molecule has 228 valence electrons. The lowest BCUT2D eigenvalue weighted by molar-refractivity contribution is -0.132. The van der Waals surface area contributed by atoms with E-state index in [1.807, 2.05) is 0 Å². The smallest absolute Gasteiger partial charge is 0.301 e. The number of anilines is 1. The first-order chi connectivity index (χ1) is 21.2. The molecule has 1 aliphatic heterocycles. The van der Waals surface area contributed by atoms with E-state index in [2.05, 4.69) is 24.0 Å². The van der Waals surface area contributed by atoms with Crippen LogP contribution in [0.3, 0.4) is 0 Å². The summed E-state index contributed by atoms with van der Waals surface area (Å²) in [5.41, 5.74) is 1.31. The zero-order valence-electron chi connectivity index (χ0n) is 24.1. The van der Waals surface area contributed by atoms with Crippen LogP contribution in [-0.2, 0) is 15.3 Å². The molecule has 2 heterocycles. The predicted octanol–water partition coefficient (Wildman–Crippen LogP) is 7.17. The number of methoxy groups -OCH3 is 1. The van der Waals surface area contributed by atoms with Gasteiger partial charge in [-0.3, -0.25) is 14.5 Å². The van der Waals surface area contributed by atoms with Crippen molar-refractivity contribution in [2.45, 2.75) is 36.4 Å². The van der Waals surface area contributed by atoms with Crippen LogP contribution in [0.5, 0.6) is 11.5 Å². The number of rotatable bonds is 11. The molecule has 5 rings (SSSR count). The molecule has 0 bridgehead atoms. The number of hydrogen-bond donors (Lipinski definition) is 1. The predicted molar refractivity (Wildman–Crippen MR) is 165 cm³/mol. The number of aliphatic hydroxyl groups excluding tert-OH is 1. The number of nitrogens with zero attached hydrogens (tertiary/aromatic N) is 3. The Balaban J connectivity index is 1.54. The number of amides is 1. The second-order valence-electron chi connectivity index (χ2n) is 10.4. The average Bonchev–Trinajstić information content (AvgIpc) is 3.58. The molecule has 44 heavy (non-hydrogen) atoms. The van der Waals surface area contributed by atoms with Crippen molar-refractivity contribution in [3.63, 3.8) is 0 Å². The van der Waals surface area contributed by atoms with E-state index in [9.17, 15) is 23.5 Å². The van der Waals surface area contributed by atoms with Gasteiger partial charge in [-0.15, -0.1) is 10.2 Å². The van der Waals surface area contributed by atoms with Crippen LogP contribution in [0.4, 0.5) is 13.9 Å². The molecule has 0 radical (unpaired) electrons. The van der Waals surface area contributed by atoms with Crippen LogP contribution in [0.15, 0.2) is 76.6 Å². The zero-order valence-corrected chi connectivity index (χ0v) is 25.8. The number of Topliss-reactive ketones (excluding diaryl/α,β-unsaturated/α-hetero) is 1. The van der Waals surface area contributed by atoms with Gasteiger partial charge >= 0.3 is 5.91 Å². The first kappa shape index (κ1) is 31.1. The molecular weight excluding hydrogens is 608 g/mol. The maximum atomic E-state index is 13.7. The molecule has 0 saturated carbocycles. The molecule has 8 nitrogen and oxygen atoms in total. The van der Waals surface area contributed by atoms with Crippen molar-refractivity contribution in [3.05, 3.63) is 101 Å². The third-order valence-corrected chi connectivity index (χ3v) is 9.02. The number of carbonyl (C=O) groups is 2. The number of ketones is 1. The van der Waals surface area contributed by atoms with Gasteiger partial charge in [0.25, 0.3) is 5.78 Å². The minimum absolute atomic E-state index is 0.146. The Labute approximate surface area is 261 Å². The van der Waals surface area contributed by atoms with Crippen molar-refractivity contribution in [2.75, 3.05) is 18.6 Å². The summed E-state index contributed by atoms with van der Waals surface area (Å²) in [6.45, 7) is 4.65. The first-order valence-corrected chi connectivity index (χ1v) is 15.5. The summed E-state index contributed by atoms with van der Waals surface area (Å²) in [5, 5.41) is 19.9. The van der Waals surface area contributed by atoms with Crippen molar-refractivity contribution in [1.82, 2.24) is 10.2 Å².